The van der Waals surface area contributed by atoms with E-state index in [2.05, 4.69) is 48.3 Å². The number of nitrogens with zero attached hydrogens (tertiary/aromatic N) is 1. The number of morpholine rings is 1. The monoisotopic (exact) mass is 274 g/mol. The van der Waals surface area contributed by atoms with Gasteiger partial charge in [0.1, 0.15) is 0 Å². The molecule has 2 fully saturated rings. The lowest BCUT2D eigenvalue weighted by molar-refractivity contribution is -0.0552. The number of ether oxygens (including phenoxy) is 1. The van der Waals surface area contributed by atoms with Crippen molar-refractivity contribution in [2.24, 2.45) is 0 Å². The molecule has 110 valence electrons. The SMILES string of the molecule is CC1(C)COCCN1Cc1cccc(CNC2CC2)c1. The second kappa shape index (κ2) is 5.84. The summed E-state index contributed by atoms with van der Waals surface area (Å²) in [5, 5.41) is 3.59. The Morgan fingerprint density at radius 2 is 2.10 bits per heavy atom. The number of benzene rings is 1. The lowest BCUT2D eigenvalue weighted by atomic mass is 10.0. The Hall–Kier alpha value is -0.900. The van der Waals surface area contributed by atoms with Crippen molar-refractivity contribution in [2.45, 2.75) is 51.4 Å². The molecular formula is C17H26N2O. The van der Waals surface area contributed by atoms with Gasteiger partial charge < -0.3 is 10.1 Å². The molecule has 3 rings (SSSR count). The van der Waals surface area contributed by atoms with Crippen molar-refractivity contribution in [3.05, 3.63) is 35.4 Å². The zero-order valence-electron chi connectivity index (χ0n) is 12.7. The molecule has 3 heteroatoms. The molecule has 0 bridgehead atoms. The Labute approximate surface area is 122 Å². The van der Waals surface area contributed by atoms with E-state index < -0.39 is 0 Å². The third kappa shape index (κ3) is 3.60. The summed E-state index contributed by atoms with van der Waals surface area (Å²) in [5.74, 6) is 0. The molecule has 0 amide bonds. The topological polar surface area (TPSA) is 24.5 Å². The zero-order valence-corrected chi connectivity index (χ0v) is 12.7. The Bertz CT molecular complexity index is 454. The third-order valence-corrected chi connectivity index (χ3v) is 4.35. The Kier molecular flexibility index (Phi) is 4.11. The molecule has 3 nitrogen and oxygen atoms in total. The van der Waals surface area contributed by atoms with Crippen LogP contribution in [-0.4, -0.2) is 36.2 Å². The molecule has 1 heterocycles. The van der Waals surface area contributed by atoms with Crippen LogP contribution in [0.1, 0.15) is 37.8 Å². The fourth-order valence-electron chi connectivity index (χ4n) is 2.79. The van der Waals surface area contributed by atoms with Crippen LogP contribution in [0.25, 0.3) is 0 Å². The normalized spacial score (nSPS) is 22.9. The Balaban J connectivity index is 1.62. The molecule has 1 aliphatic heterocycles. The summed E-state index contributed by atoms with van der Waals surface area (Å²) in [7, 11) is 0. The van der Waals surface area contributed by atoms with Crippen LogP contribution >= 0.6 is 0 Å². The van der Waals surface area contributed by atoms with Crippen molar-refractivity contribution < 1.29 is 4.74 Å². The highest BCUT2D eigenvalue weighted by molar-refractivity contribution is 5.24. The predicted molar refractivity (Wildman–Crippen MR) is 81.6 cm³/mol. The smallest absolute Gasteiger partial charge is 0.0645 e. The maximum Gasteiger partial charge on any atom is 0.0645 e. The van der Waals surface area contributed by atoms with Crippen LogP contribution in [0, 0.1) is 0 Å². The summed E-state index contributed by atoms with van der Waals surface area (Å²) < 4.78 is 5.60. The Morgan fingerprint density at radius 3 is 2.85 bits per heavy atom. The maximum atomic E-state index is 5.60. The van der Waals surface area contributed by atoms with Crippen molar-refractivity contribution in [2.75, 3.05) is 19.8 Å². The van der Waals surface area contributed by atoms with E-state index in [9.17, 15) is 0 Å². The average Bonchev–Trinajstić information content (AvgIpc) is 3.24. The molecule has 0 unspecified atom stereocenters. The minimum absolute atomic E-state index is 0.139. The second-order valence-corrected chi connectivity index (χ2v) is 6.76. The van der Waals surface area contributed by atoms with E-state index in [0.29, 0.717) is 0 Å². The summed E-state index contributed by atoms with van der Waals surface area (Å²) in [6, 6.07) is 9.78. The standard InChI is InChI=1S/C17H26N2O/c1-17(2)13-20-9-8-19(17)12-15-5-3-4-14(10-15)11-18-16-6-7-16/h3-5,10,16,18H,6-9,11-13H2,1-2H3. The highest BCUT2D eigenvalue weighted by Gasteiger charge is 2.30. The number of hydrogen-bond donors (Lipinski definition) is 1. The van der Waals surface area contributed by atoms with Gasteiger partial charge in [0, 0.05) is 31.2 Å². The quantitative estimate of drug-likeness (QED) is 0.893. The van der Waals surface area contributed by atoms with Crippen LogP contribution in [0.4, 0.5) is 0 Å². The molecule has 2 aliphatic rings. The molecule has 1 saturated carbocycles. The van der Waals surface area contributed by atoms with Gasteiger partial charge in [-0.3, -0.25) is 4.90 Å². The number of rotatable bonds is 5. The highest BCUT2D eigenvalue weighted by atomic mass is 16.5. The van der Waals surface area contributed by atoms with Crippen LogP contribution in [0.2, 0.25) is 0 Å². The van der Waals surface area contributed by atoms with Gasteiger partial charge in [-0.05, 0) is 37.8 Å². The first-order valence-electron chi connectivity index (χ1n) is 7.77. The zero-order chi connectivity index (χ0) is 14.0. The van der Waals surface area contributed by atoms with E-state index in [1.165, 1.54) is 24.0 Å². The summed E-state index contributed by atoms with van der Waals surface area (Å²) in [5.41, 5.74) is 2.95. The van der Waals surface area contributed by atoms with E-state index in [0.717, 1.165) is 38.9 Å². The molecule has 0 aromatic heterocycles. The average molecular weight is 274 g/mol. The molecule has 0 radical (unpaired) electrons. The van der Waals surface area contributed by atoms with Gasteiger partial charge in [-0.25, -0.2) is 0 Å². The van der Waals surface area contributed by atoms with E-state index in [-0.39, 0.29) is 5.54 Å². The molecule has 0 atom stereocenters. The first kappa shape index (κ1) is 14.1. The van der Waals surface area contributed by atoms with Crippen molar-refractivity contribution in [1.29, 1.82) is 0 Å². The minimum Gasteiger partial charge on any atom is -0.378 e. The van der Waals surface area contributed by atoms with Crippen molar-refractivity contribution in [3.8, 4) is 0 Å². The van der Waals surface area contributed by atoms with Crippen molar-refractivity contribution in [1.82, 2.24) is 10.2 Å². The Morgan fingerprint density at radius 1 is 1.30 bits per heavy atom. The van der Waals surface area contributed by atoms with Crippen LogP contribution in [0.3, 0.4) is 0 Å². The summed E-state index contributed by atoms with van der Waals surface area (Å²) in [6.45, 7) is 9.27. The fraction of sp³-hybridized carbons (Fsp3) is 0.647. The van der Waals surface area contributed by atoms with Gasteiger partial charge in [0.05, 0.1) is 13.2 Å². The van der Waals surface area contributed by atoms with E-state index in [1.807, 2.05) is 0 Å². The second-order valence-electron chi connectivity index (χ2n) is 6.76. The number of hydrogen-bond acceptors (Lipinski definition) is 3. The molecule has 1 aliphatic carbocycles. The lowest BCUT2D eigenvalue weighted by Gasteiger charge is -2.42. The lowest BCUT2D eigenvalue weighted by Crippen LogP contribution is -2.52. The largest absolute Gasteiger partial charge is 0.378 e. The molecule has 1 N–H and O–H groups in total. The van der Waals surface area contributed by atoms with Crippen molar-refractivity contribution >= 4 is 0 Å². The van der Waals surface area contributed by atoms with Crippen LogP contribution in [0.5, 0.6) is 0 Å². The van der Waals surface area contributed by atoms with Crippen LogP contribution < -0.4 is 5.32 Å². The molecule has 20 heavy (non-hydrogen) atoms. The predicted octanol–water partition coefficient (Wildman–Crippen LogP) is 2.55. The molecule has 1 aromatic rings. The molecule has 1 saturated heterocycles. The highest BCUT2D eigenvalue weighted by Crippen LogP contribution is 2.22. The van der Waals surface area contributed by atoms with Crippen LogP contribution in [-0.2, 0) is 17.8 Å². The number of nitrogens with one attached hydrogen (secondary N) is 1. The minimum atomic E-state index is 0.139. The van der Waals surface area contributed by atoms with Gasteiger partial charge in [0.2, 0.25) is 0 Å². The van der Waals surface area contributed by atoms with Gasteiger partial charge in [0.25, 0.3) is 0 Å². The van der Waals surface area contributed by atoms with E-state index >= 15 is 0 Å². The first-order chi connectivity index (χ1) is 9.63. The molecular weight excluding hydrogens is 248 g/mol. The van der Waals surface area contributed by atoms with E-state index in [4.69, 9.17) is 4.74 Å². The van der Waals surface area contributed by atoms with E-state index in [1.54, 1.807) is 0 Å². The maximum absolute atomic E-state index is 5.60. The van der Waals surface area contributed by atoms with Gasteiger partial charge in [-0.2, -0.15) is 0 Å². The van der Waals surface area contributed by atoms with Crippen molar-refractivity contribution in [3.63, 3.8) is 0 Å². The first-order valence-corrected chi connectivity index (χ1v) is 7.77. The van der Waals surface area contributed by atoms with Gasteiger partial charge in [-0.15, -0.1) is 0 Å². The summed E-state index contributed by atoms with van der Waals surface area (Å²) >= 11 is 0. The van der Waals surface area contributed by atoms with Gasteiger partial charge in [-0.1, -0.05) is 24.3 Å². The fourth-order valence-corrected chi connectivity index (χ4v) is 2.79. The van der Waals surface area contributed by atoms with Crippen LogP contribution in [0.15, 0.2) is 24.3 Å². The summed E-state index contributed by atoms with van der Waals surface area (Å²) in [6.07, 6.45) is 2.70. The third-order valence-electron chi connectivity index (χ3n) is 4.35. The van der Waals surface area contributed by atoms with Gasteiger partial charge >= 0.3 is 0 Å². The van der Waals surface area contributed by atoms with Gasteiger partial charge in [0.15, 0.2) is 0 Å². The molecule has 1 aromatic carbocycles. The molecule has 0 spiro atoms. The summed E-state index contributed by atoms with van der Waals surface area (Å²) in [4.78, 5) is 2.53.